The molecule has 7 nitrogen and oxygen atoms in total. The van der Waals surface area contributed by atoms with Crippen LogP contribution >= 0.6 is 0 Å². The minimum Gasteiger partial charge on any atom is -0.480 e. The van der Waals surface area contributed by atoms with Crippen molar-refractivity contribution >= 4 is 17.9 Å². The zero-order valence-electron chi connectivity index (χ0n) is 11.4. The maximum Gasteiger partial charge on any atom is 0.323 e. The third-order valence-electron chi connectivity index (χ3n) is 3.34. The first kappa shape index (κ1) is 14.8. The van der Waals surface area contributed by atoms with E-state index in [1.807, 2.05) is 24.3 Å². The molecular formula is C14H17N3O4. The number of rotatable bonds is 5. The SMILES string of the molecule is NC(=O)CN(CC(=O)O)C(=O)NC1Cc2ccccc2C1. The van der Waals surface area contributed by atoms with Crippen molar-refractivity contribution < 1.29 is 19.5 Å². The summed E-state index contributed by atoms with van der Waals surface area (Å²) in [6, 6.07) is 7.19. The van der Waals surface area contributed by atoms with Gasteiger partial charge in [0.05, 0.1) is 0 Å². The smallest absolute Gasteiger partial charge is 0.323 e. The Bertz CT molecular complexity index is 532. The number of carbonyl (C=O) groups is 3. The maximum atomic E-state index is 12.1. The van der Waals surface area contributed by atoms with Crippen molar-refractivity contribution in [1.82, 2.24) is 10.2 Å². The van der Waals surface area contributed by atoms with Gasteiger partial charge in [-0.1, -0.05) is 24.3 Å². The van der Waals surface area contributed by atoms with Crippen LogP contribution in [-0.4, -0.2) is 47.0 Å². The minimum absolute atomic E-state index is 0.0981. The minimum atomic E-state index is -1.19. The Morgan fingerprint density at radius 1 is 1.19 bits per heavy atom. The Kier molecular flexibility index (Phi) is 4.42. The van der Waals surface area contributed by atoms with E-state index in [2.05, 4.69) is 5.32 Å². The number of carbonyl (C=O) groups excluding carboxylic acids is 2. The van der Waals surface area contributed by atoms with Gasteiger partial charge < -0.3 is 21.1 Å². The molecule has 2 rings (SSSR count). The van der Waals surface area contributed by atoms with Crippen LogP contribution < -0.4 is 11.1 Å². The number of hydrogen-bond acceptors (Lipinski definition) is 3. The molecule has 0 saturated carbocycles. The standard InChI is InChI=1S/C14H17N3O4/c15-12(18)7-17(8-13(19)20)14(21)16-11-5-9-3-1-2-4-10(9)6-11/h1-4,11H,5-8H2,(H2,15,18)(H,16,21)(H,19,20). The van der Waals surface area contributed by atoms with Crippen molar-refractivity contribution in [2.24, 2.45) is 5.73 Å². The molecule has 0 radical (unpaired) electrons. The molecule has 1 aromatic rings. The van der Waals surface area contributed by atoms with Crippen molar-refractivity contribution in [2.45, 2.75) is 18.9 Å². The van der Waals surface area contributed by atoms with Gasteiger partial charge in [-0.15, -0.1) is 0 Å². The lowest BCUT2D eigenvalue weighted by Gasteiger charge is -2.22. The Labute approximate surface area is 121 Å². The number of benzene rings is 1. The van der Waals surface area contributed by atoms with Gasteiger partial charge in [-0.3, -0.25) is 9.59 Å². The maximum absolute atomic E-state index is 12.1. The van der Waals surface area contributed by atoms with Crippen LogP contribution in [0.15, 0.2) is 24.3 Å². The summed E-state index contributed by atoms with van der Waals surface area (Å²) in [7, 11) is 0. The van der Waals surface area contributed by atoms with Crippen molar-refractivity contribution in [3.8, 4) is 0 Å². The summed E-state index contributed by atoms with van der Waals surface area (Å²) in [6.07, 6.45) is 1.39. The van der Waals surface area contributed by atoms with Gasteiger partial charge in [0.15, 0.2) is 0 Å². The number of amides is 3. The quantitative estimate of drug-likeness (QED) is 0.693. The summed E-state index contributed by atoms with van der Waals surface area (Å²) in [4.78, 5) is 34.6. The number of fused-ring (bicyclic) bond motifs is 1. The molecule has 0 aromatic heterocycles. The molecule has 21 heavy (non-hydrogen) atoms. The van der Waals surface area contributed by atoms with E-state index in [4.69, 9.17) is 10.8 Å². The van der Waals surface area contributed by atoms with Gasteiger partial charge >= 0.3 is 12.0 Å². The van der Waals surface area contributed by atoms with Gasteiger partial charge in [-0.2, -0.15) is 0 Å². The third-order valence-corrected chi connectivity index (χ3v) is 3.34. The average molecular weight is 291 g/mol. The summed E-state index contributed by atoms with van der Waals surface area (Å²) in [5.41, 5.74) is 7.37. The summed E-state index contributed by atoms with van der Waals surface area (Å²) in [6.45, 7) is -0.980. The normalized spacial score (nSPS) is 13.5. The molecule has 4 N–H and O–H groups in total. The Morgan fingerprint density at radius 3 is 2.24 bits per heavy atom. The Balaban J connectivity index is 1.96. The lowest BCUT2D eigenvalue weighted by Crippen LogP contribution is -2.49. The van der Waals surface area contributed by atoms with Gasteiger partial charge in [0.2, 0.25) is 5.91 Å². The number of hydrogen-bond donors (Lipinski definition) is 3. The van der Waals surface area contributed by atoms with E-state index in [1.165, 1.54) is 11.1 Å². The molecule has 0 heterocycles. The van der Waals surface area contributed by atoms with Crippen LogP contribution in [-0.2, 0) is 22.4 Å². The first-order chi connectivity index (χ1) is 9.95. The van der Waals surface area contributed by atoms with Crippen LogP contribution in [0.5, 0.6) is 0 Å². The summed E-state index contributed by atoms with van der Waals surface area (Å²) in [5.74, 6) is -1.94. The van der Waals surface area contributed by atoms with Gasteiger partial charge in [0.1, 0.15) is 13.1 Å². The molecular weight excluding hydrogens is 274 g/mol. The molecule has 7 heteroatoms. The highest BCUT2D eigenvalue weighted by Gasteiger charge is 2.26. The van der Waals surface area contributed by atoms with Gasteiger partial charge in [-0.05, 0) is 24.0 Å². The predicted octanol–water partition coefficient (Wildman–Crippen LogP) is -0.265. The molecule has 0 saturated heterocycles. The van der Waals surface area contributed by atoms with Crippen LogP contribution in [0.1, 0.15) is 11.1 Å². The van der Waals surface area contributed by atoms with E-state index >= 15 is 0 Å². The van der Waals surface area contributed by atoms with E-state index in [0.29, 0.717) is 12.8 Å². The summed E-state index contributed by atoms with van der Waals surface area (Å²) < 4.78 is 0. The molecule has 3 amide bonds. The van der Waals surface area contributed by atoms with Gasteiger partial charge in [-0.25, -0.2) is 4.79 Å². The highest BCUT2D eigenvalue weighted by atomic mass is 16.4. The third kappa shape index (κ3) is 3.95. The molecule has 0 unspecified atom stereocenters. The number of nitrogens with one attached hydrogen (secondary N) is 1. The molecule has 1 aliphatic carbocycles. The Morgan fingerprint density at radius 2 is 1.76 bits per heavy atom. The predicted molar refractivity (Wildman–Crippen MR) is 74.6 cm³/mol. The number of primary amides is 1. The molecule has 0 aliphatic heterocycles. The first-order valence-corrected chi connectivity index (χ1v) is 6.58. The van der Waals surface area contributed by atoms with Gasteiger partial charge in [0, 0.05) is 6.04 Å². The van der Waals surface area contributed by atoms with E-state index in [9.17, 15) is 14.4 Å². The van der Waals surface area contributed by atoms with E-state index in [0.717, 1.165) is 4.90 Å². The van der Waals surface area contributed by atoms with E-state index in [1.54, 1.807) is 0 Å². The fourth-order valence-electron chi connectivity index (χ4n) is 2.48. The molecule has 0 atom stereocenters. The number of carboxylic acid groups (broad SMARTS) is 1. The number of carboxylic acids is 1. The van der Waals surface area contributed by atoms with Crippen LogP contribution in [0.3, 0.4) is 0 Å². The van der Waals surface area contributed by atoms with E-state index < -0.39 is 31.0 Å². The van der Waals surface area contributed by atoms with Crippen LogP contribution in [0, 0.1) is 0 Å². The summed E-state index contributed by atoms with van der Waals surface area (Å²) in [5, 5.41) is 11.5. The molecule has 1 aliphatic rings. The number of nitrogens with two attached hydrogens (primary N) is 1. The van der Waals surface area contributed by atoms with Crippen molar-refractivity contribution in [3.63, 3.8) is 0 Å². The zero-order valence-corrected chi connectivity index (χ0v) is 11.4. The molecule has 0 fully saturated rings. The number of nitrogens with zero attached hydrogens (tertiary/aromatic N) is 1. The van der Waals surface area contributed by atoms with Crippen molar-refractivity contribution in [3.05, 3.63) is 35.4 Å². The molecule has 0 spiro atoms. The number of aliphatic carboxylic acids is 1. The van der Waals surface area contributed by atoms with E-state index in [-0.39, 0.29) is 6.04 Å². The van der Waals surface area contributed by atoms with Crippen molar-refractivity contribution in [2.75, 3.05) is 13.1 Å². The summed E-state index contributed by atoms with van der Waals surface area (Å²) >= 11 is 0. The monoisotopic (exact) mass is 291 g/mol. The first-order valence-electron chi connectivity index (χ1n) is 6.58. The second kappa shape index (κ2) is 6.25. The average Bonchev–Trinajstić information content (AvgIpc) is 2.78. The molecule has 112 valence electrons. The Hall–Kier alpha value is -2.57. The van der Waals surface area contributed by atoms with Crippen LogP contribution in [0.25, 0.3) is 0 Å². The zero-order chi connectivity index (χ0) is 15.4. The topological polar surface area (TPSA) is 113 Å². The van der Waals surface area contributed by atoms with Crippen LogP contribution in [0.4, 0.5) is 4.79 Å². The van der Waals surface area contributed by atoms with Crippen molar-refractivity contribution in [1.29, 1.82) is 0 Å². The fraction of sp³-hybridized carbons (Fsp3) is 0.357. The lowest BCUT2D eigenvalue weighted by atomic mass is 10.1. The lowest BCUT2D eigenvalue weighted by molar-refractivity contribution is -0.137. The second-order valence-electron chi connectivity index (χ2n) is 5.04. The highest BCUT2D eigenvalue weighted by molar-refractivity contribution is 5.86. The largest absolute Gasteiger partial charge is 0.480 e. The second-order valence-corrected chi connectivity index (χ2v) is 5.04. The molecule has 0 bridgehead atoms. The number of urea groups is 1. The fourth-order valence-corrected chi connectivity index (χ4v) is 2.48. The molecule has 1 aromatic carbocycles. The van der Waals surface area contributed by atoms with Crippen LogP contribution in [0.2, 0.25) is 0 Å². The highest BCUT2D eigenvalue weighted by Crippen LogP contribution is 2.21. The van der Waals surface area contributed by atoms with Gasteiger partial charge in [0.25, 0.3) is 0 Å².